The third-order valence-electron chi connectivity index (χ3n) is 4.31. The Morgan fingerprint density at radius 1 is 1.25 bits per heavy atom. The normalized spacial score (nSPS) is 24.9. The molecule has 118 valence electrons. The zero-order chi connectivity index (χ0) is 15.6. The van der Waals surface area contributed by atoms with Gasteiger partial charge in [0, 0.05) is 12.6 Å². The third-order valence-corrected chi connectivity index (χ3v) is 4.31. The Kier molecular flexibility index (Phi) is 5.61. The first-order valence-corrected chi connectivity index (χ1v) is 7.69. The maximum Gasteiger partial charge on any atom is 0.225 e. The molecule has 0 heterocycles. The van der Waals surface area contributed by atoms with Crippen molar-refractivity contribution in [3.63, 3.8) is 0 Å². The molecule has 2 atom stereocenters. The molecule has 1 aliphatic carbocycles. The fourth-order valence-electron chi connectivity index (χ4n) is 3.84. The summed E-state index contributed by atoms with van der Waals surface area (Å²) in [4.78, 5) is 12.3. The predicted octanol–water partition coefficient (Wildman–Crippen LogP) is 1.92. The number of hydrogen-bond acceptors (Lipinski definition) is 3. The second-order valence-electron chi connectivity index (χ2n) is 8.03. The van der Waals surface area contributed by atoms with Crippen molar-refractivity contribution in [3.8, 4) is 0 Å². The molecular formula is C16H32N2O2. The van der Waals surface area contributed by atoms with Crippen molar-refractivity contribution in [2.75, 3.05) is 13.6 Å². The Morgan fingerprint density at radius 3 is 2.20 bits per heavy atom. The first-order chi connectivity index (χ1) is 9.06. The molecule has 0 bridgehead atoms. The molecule has 1 rings (SSSR count). The van der Waals surface area contributed by atoms with Crippen LogP contribution < -0.4 is 10.6 Å². The molecule has 1 fully saturated rings. The van der Waals surface area contributed by atoms with E-state index in [4.69, 9.17) is 0 Å². The van der Waals surface area contributed by atoms with E-state index in [1.54, 1.807) is 14.0 Å². The number of carbonyl (C=O) groups excluding carboxylic acids is 1. The minimum Gasteiger partial charge on any atom is -0.391 e. The first-order valence-electron chi connectivity index (χ1n) is 7.69. The van der Waals surface area contributed by atoms with Gasteiger partial charge in [0.25, 0.3) is 0 Å². The molecule has 2 unspecified atom stereocenters. The lowest BCUT2D eigenvalue weighted by molar-refractivity contribution is -0.129. The van der Waals surface area contributed by atoms with Crippen LogP contribution in [0.1, 0.15) is 53.9 Å². The molecule has 0 aromatic carbocycles. The van der Waals surface area contributed by atoms with Gasteiger partial charge >= 0.3 is 0 Å². The van der Waals surface area contributed by atoms with E-state index < -0.39 is 6.10 Å². The zero-order valence-electron chi connectivity index (χ0n) is 13.9. The molecule has 1 amide bonds. The monoisotopic (exact) mass is 284 g/mol. The van der Waals surface area contributed by atoms with Crippen LogP contribution in [0.2, 0.25) is 0 Å². The summed E-state index contributed by atoms with van der Waals surface area (Å²) in [6, 6.07) is 0.213. The number of aliphatic hydroxyl groups excluding tert-OH is 1. The number of aliphatic hydroxyl groups is 1. The average molecular weight is 284 g/mol. The molecule has 0 aromatic heterocycles. The van der Waals surface area contributed by atoms with Gasteiger partial charge in [0.1, 0.15) is 0 Å². The van der Waals surface area contributed by atoms with Crippen LogP contribution in [0, 0.1) is 16.7 Å². The van der Waals surface area contributed by atoms with Gasteiger partial charge < -0.3 is 15.7 Å². The highest BCUT2D eigenvalue weighted by Gasteiger charge is 2.39. The number of rotatable bonds is 5. The van der Waals surface area contributed by atoms with Gasteiger partial charge in [-0.1, -0.05) is 34.6 Å². The minimum absolute atomic E-state index is 0.0359. The molecule has 0 saturated heterocycles. The van der Waals surface area contributed by atoms with Crippen molar-refractivity contribution in [2.24, 2.45) is 16.7 Å². The van der Waals surface area contributed by atoms with Gasteiger partial charge in [-0.15, -0.1) is 0 Å². The molecule has 20 heavy (non-hydrogen) atoms. The number of nitrogens with one attached hydrogen (secondary N) is 2. The fourth-order valence-corrected chi connectivity index (χ4v) is 3.84. The maximum atomic E-state index is 12.3. The molecule has 0 spiro atoms. The second kappa shape index (κ2) is 6.44. The molecule has 4 heteroatoms. The van der Waals surface area contributed by atoms with Gasteiger partial charge in [-0.25, -0.2) is 0 Å². The van der Waals surface area contributed by atoms with E-state index >= 15 is 0 Å². The molecule has 0 aliphatic heterocycles. The lowest BCUT2D eigenvalue weighted by Gasteiger charge is -2.45. The third kappa shape index (κ3) is 5.06. The summed E-state index contributed by atoms with van der Waals surface area (Å²) >= 11 is 0. The summed E-state index contributed by atoms with van der Waals surface area (Å²) in [6.07, 6.45) is 2.57. The number of likely N-dealkylation sites (N-methyl/N-ethyl adjacent to an activating group) is 1. The molecule has 1 aliphatic rings. The van der Waals surface area contributed by atoms with E-state index in [1.807, 2.05) is 0 Å². The highest BCUT2D eigenvalue weighted by Crippen LogP contribution is 2.45. The van der Waals surface area contributed by atoms with Crippen LogP contribution in [0.5, 0.6) is 0 Å². The average Bonchev–Trinajstić information content (AvgIpc) is 2.23. The summed E-state index contributed by atoms with van der Waals surface area (Å²) in [5, 5.41) is 15.9. The van der Waals surface area contributed by atoms with E-state index in [9.17, 15) is 9.90 Å². The zero-order valence-corrected chi connectivity index (χ0v) is 13.9. The van der Waals surface area contributed by atoms with Crippen molar-refractivity contribution in [2.45, 2.75) is 66.0 Å². The molecule has 0 radical (unpaired) electrons. The highest BCUT2D eigenvalue weighted by molar-refractivity contribution is 5.79. The molecule has 4 nitrogen and oxygen atoms in total. The smallest absolute Gasteiger partial charge is 0.225 e. The molecule has 0 aromatic rings. The molecule has 1 saturated carbocycles. The van der Waals surface area contributed by atoms with Crippen molar-refractivity contribution in [1.82, 2.24) is 10.6 Å². The Balaban J connectivity index is 2.61. The minimum atomic E-state index is -0.635. The summed E-state index contributed by atoms with van der Waals surface area (Å²) in [7, 11) is 1.78. The van der Waals surface area contributed by atoms with Crippen LogP contribution in [0.15, 0.2) is 0 Å². The van der Waals surface area contributed by atoms with Crippen molar-refractivity contribution >= 4 is 5.91 Å². The lowest BCUT2D eigenvalue weighted by atomic mass is 9.63. The van der Waals surface area contributed by atoms with E-state index in [2.05, 4.69) is 38.3 Å². The summed E-state index contributed by atoms with van der Waals surface area (Å²) < 4.78 is 0. The fraction of sp³-hybridized carbons (Fsp3) is 0.938. The van der Waals surface area contributed by atoms with Crippen molar-refractivity contribution in [3.05, 3.63) is 0 Å². The van der Waals surface area contributed by atoms with Gasteiger partial charge in [0.15, 0.2) is 0 Å². The predicted molar refractivity (Wildman–Crippen MR) is 82.4 cm³/mol. The highest BCUT2D eigenvalue weighted by atomic mass is 16.3. The Morgan fingerprint density at radius 2 is 1.75 bits per heavy atom. The first kappa shape index (κ1) is 17.4. The van der Waals surface area contributed by atoms with Gasteiger partial charge in [0.2, 0.25) is 5.91 Å². The van der Waals surface area contributed by atoms with Crippen LogP contribution in [0.25, 0.3) is 0 Å². The van der Waals surface area contributed by atoms with Gasteiger partial charge in [-0.05, 0) is 37.1 Å². The molecular weight excluding hydrogens is 252 g/mol. The van der Waals surface area contributed by atoms with Crippen molar-refractivity contribution in [1.29, 1.82) is 0 Å². The Bertz CT molecular complexity index is 323. The molecule has 3 N–H and O–H groups in total. The summed E-state index contributed by atoms with van der Waals surface area (Å²) in [5.74, 6) is -0.415. The van der Waals surface area contributed by atoms with Crippen LogP contribution in [0.3, 0.4) is 0 Å². The van der Waals surface area contributed by atoms with Crippen LogP contribution >= 0.6 is 0 Å². The summed E-state index contributed by atoms with van der Waals surface area (Å²) in [6.45, 7) is 11.3. The Hall–Kier alpha value is -0.610. The second-order valence-corrected chi connectivity index (χ2v) is 8.03. The number of carbonyl (C=O) groups is 1. The largest absolute Gasteiger partial charge is 0.391 e. The van der Waals surface area contributed by atoms with Crippen LogP contribution in [-0.4, -0.2) is 36.8 Å². The van der Waals surface area contributed by atoms with Crippen LogP contribution in [0.4, 0.5) is 0 Å². The van der Waals surface area contributed by atoms with Gasteiger partial charge in [-0.2, -0.15) is 0 Å². The number of hydrogen-bond donors (Lipinski definition) is 3. The van der Waals surface area contributed by atoms with Gasteiger partial charge in [-0.3, -0.25) is 4.79 Å². The van der Waals surface area contributed by atoms with E-state index in [-0.39, 0.29) is 28.7 Å². The number of amides is 1. The lowest BCUT2D eigenvalue weighted by Crippen LogP contribution is -2.49. The van der Waals surface area contributed by atoms with E-state index in [1.165, 1.54) is 6.42 Å². The summed E-state index contributed by atoms with van der Waals surface area (Å²) in [5.41, 5.74) is 0.513. The Labute approximate surface area is 123 Å². The van der Waals surface area contributed by atoms with E-state index in [0.717, 1.165) is 12.8 Å². The maximum absolute atomic E-state index is 12.3. The topological polar surface area (TPSA) is 61.4 Å². The SMILES string of the molecule is CNCC(O)C(C)C(=O)NC1CC(C)(C)CC(C)(C)C1. The van der Waals surface area contributed by atoms with Crippen LogP contribution in [-0.2, 0) is 4.79 Å². The standard InChI is InChI=1S/C16H32N2O2/c1-11(13(19)9-17-6)14(20)18-12-7-15(2,3)10-16(4,5)8-12/h11-13,17,19H,7-10H2,1-6H3,(H,18,20). The van der Waals surface area contributed by atoms with Gasteiger partial charge in [0.05, 0.1) is 12.0 Å². The quantitative estimate of drug-likeness (QED) is 0.723. The van der Waals surface area contributed by atoms with Crippen molar-refractivity contribution < 1.29 is 9.90 Å². The van der Waals surface area contributed by atoms with E-state index in [0.29, 0.717) is 6.54 Å².